The third-order valence-corrected chi connectivity index (χ3v) is 2.88. The van der Waals surface area contributed by atoms with Gasteiger partial charge in [-0.1, -0.05) is 23.7 Å². The monoisotopic (exact) mass is 264 g/mol. The van der Waals surface area contributed by atoms with Gasteiger partial charge < -0.3 is 5.32 Å². The number of benzene rings is 1. The zero-order valence-corrected chi connectivity index (χ0v) is 10.3. The molecule has 0 aliphatic heterocycles. The standard InChI is InChI=1S/C12H9ClN2OS/c13-9-4-3-5-10(8-9)15-12(16)17-11-6-1-2-7-14-11/h1-8H,(H,15,16). The highest BCUT2D eigenvalue weighted by molar-refractivity contribution is 8.13. The number of anilines is 1. The van der Waals surface area contributed by atoms with E-state index in [2.05, 4.69) is 10.3 Å². The van der Waals surface area contributed by atoms with Gasteiger partial charge in [-0.3, -0.25) is 4.79 Å². The number of amides is 1. The molecule has 2 aromatic rings. The first-order chi connectivity index (χ1) is 8.24. The van der Waals surface area contributed by atoms with Gasteiger partial charge in [-0.2, -0.15) is 0 Å². The van der Waals surface area contributed by atoms with Gasteiger partial charge in [0.2, 0.25) is 0 Å². The molecule has 5 heteroatoms. The van der Waals surface area contributed by atoms with E-state index in [-0.39, 0.29) is 5.24 Å². The van der Waals surface area contributed by atoms with Crippen LogP contribution in [0.2, 0.25) is 5.02 Å². The third-order valence-electron chi connectivity index (χ3n) is 1.91. The first-order valence-corrected chi connectivity index (χ1v) is 6.09. The lowest BCUT2D eigenvalue weighted by atomic mass is 10.3. The van der Waals surface area contributed by atoms with Gasteiger partial charge in [-0.05, 0) is 42.1 Å². The van der Waals surface area contributed by atoms with E-state index < -0.39 is 0 Å². The topological polar surface area (TPSA) is 42.0 Å². The van der Waals surface area contributed by atoms with Crippen LogP contribution in [0.3, 0.4) is 0 Å². The molecule has 0 saturated carbocycles. The maximum Gasteiger partial charge on any atom is 0.289 e. The van der Waals surface area contributed by atoms with Crippen LogP contribution < -0.4 is 5.32 Å². The van der Waals surface area contributed by atoms with Gasteiger partial charge in [-0.15, -0.1) is 0 Å². The van der Waals surface area contributed by atoms with Crippen molar-refractivity contribution in [1.82, 2.24) is 4.98 Å². The summed E-state index contributed by atoms with van der Waals surface area (Å²) in [6.45, 7) is 0. The van der Waals surface area contributed by atoms with Crippen LogP contribution in [0.25, 0.3) is 0 Å². The van der Waals surface area contributed by atoms with Gasteiger partial charge in [0.25, 0.3) is 5.24 Å². The van der Waals surface area contributed by atoms with E-state index in [0.29, 0.717) is 15.7 Å². The minimum Gasteiger partial charge on any atom is -0.316 e. The molecule has 0 radical (unpaired) electrons. The molecule has 0 unspecified atom stereocenters. The zero-order valence-electron chi connectivity index (χ0n) is 8.76. The average Bonchev–Trinajstić information content (AvgIpc) is 2.30. The summed E-state index contributed by atoms with van der Waals surface area (Å²) in [5.41, 5.74) is 0.672. The summed E-state index contributed by atoms with van der Waals surface area (Å²) in [6, 6.07) is 12.4. The highest BCUT2D eigenvalue weighted by Crippen LogP contribution is 2.20. The Hall–Kier alpha value is -1.52. The first-order valence-electron chi connectivity index (χ1n) is 4.89. The van der Waals surface area contributed by atoms with Crippen molar-refractivity contribution >= 4 is 34.3 Å². The van der Waals surface area contributed by atoms with Crippen LogP contribution in [0.15, 0.2) is 53.7 Å². The minimum atomic E-state index is -0.189. The Kier molecular flexibility index (Phi) is 4.01. The Balaban J connectivity index is 1.98. The van der Waals surface area contributed by atoms with Crippen LogP contribution in [0.4, 0.5) is 10.5 Å². The van der Waals surface area contributed by atoms with Crippen molar-refractivity contribution in [3.63, 3.8) is 0 Å². The lowest BCUT2D eigenvalue weighted by Gasteiger charge is -2.04. The first kappa shape index (κ1) is 12.0. The fourth-order valence-corrected chi connectivity index (χ4v) is 2.02. The summed E-state index contributed by atoms with van der Waals surface area (Å²) >= 11 is 6.86. The number of halogens is 1. The predicted octanol–water partition coefficient (Wildman–Crippen LogP) is 4.06. The molecule has 2 rings (SSSR count). The molecule has 0 aliphatic carbocycles. The summed E-state index contributed by atoms with van der Waals surface area (Å²) in [5.74, 6) is 0. The van der Waals surface area contributed by atoms with Crippen LogP contribution in [0.5, 0.6) is 0 Å². The highest BCUT2D eigenvalue weighted by atomic mass is 35.5. The van der Waals surface area contributed by atoms with Gasteiger partial charge in [0, 0.05) is 16.9 Å². The quantitative estimate of drug-likeness (QED) is 0.832. The molecule has 0 atom stereocenters. The molecule has 86 valence electrons. The molecule has 1 amide bonds. The van der Waals surface area contributed by atoms with Crippen molar-refractivity contribution in [1.29, 1.82) is 0 Å². The molecule has 0 spiro atoms. The van der Waals surface area contributed by atoms with E-state index in [4.69, 9.17) is 11.6 Å². The molecule has 1 heterocycles. The third kappa shape index (κ3) is 3.76. The lowest BCUT2D eigenvalue weighted by molar-refractivity contribution is 0.269. The van der Waals surface area contributed by atoms with Crippen molar-refractivity contribution in [2.75, 3.05) is 5.32 Å². The number of nitrogens with zero attached hydrogens (tertiary/aromatic N) is 1. The Morgan fingerprint density at radius 1 is 1.24 bits per heavy atom. The smallest absolute Gasteiger partial charge is 0.289 e. The minimum absolute atomic E-state index is 0.189. The van der Waals surface area contributed by atoms with Crippen LogP contribution in [0.1, 0.15) is 0 Å². The average molecular weight is 265 g/mol. The van der Waals surface area contributed by atoms with Gasteiger partial charge in [0.15, 0.2) is 0 Å². The Bertz CT molecular complexity index is 519. The second kappa shape index (κ2) is 5.70. The molecule has 0 saturated heterocycles. The van der Waals surface area contributed by atoms with E-state index in [0.717, 1.165) is 11.8 Å². The van der Waals surface area contributed by atoms with Crippen LogP contribution in [0, 0.1) is 0 Å². The van der Waals surface area contributed by atoms with E-state index in [1.807, 2.05) is 6.07 Å². The Labute approximate surface area is 108 Å². The maximum absolute atomic E-state index is 11.7. The Morgan fingerprint density at radius 2 is 2.12 bits per heavy atom. The molecule has 17 heavy (non-hydrogen) atoms. The lowest BCUT2D eigenvalue weighted by Crippen LogP contribution is -2.04. The molecular weight excluding hydrogens is 256 g/mol. The summed E-state index contributed by atoms with van der Waals surface area (Å²) in [6.07, 6.45) is 1.65. The molecule has 1 aromatic carbocycles. The largest absolute Gasteiger partial charge is 0.316 e. The number of pyridine rings is 1. The summed E-state index contributed by atoms with van der Waals surface area (Å²) < 4.78 is 0. The van der Waals surface area contributed by atoms with Gasteiger partial charge >= 0.3 is 0 Å². The molecule has 0 aliphatic rings. The number of carbonyl (C=O) groups excluding carboxylic acids is 1. The van der Waals surface area contributed by atoms with Gasteiger partial charge in [-0.25, -0.2) is 4.98 Å². The van der Waals surface area contributed by atoms with Crippen LogP contribution in [-0.4, -0.2) is 10.2 Å². The molecular formula is C12H9ClN2OS. The fraction of sp³-hybridized carbons (Fsp3) is 0. The van der Waals surface area contributed by atoms with Crippen molar-refractivity contribution < 1.29 is 4.79 Å². The number of rotatable bonds is 2. The number of thioether (sulfide) groups is 1. The van der Waals surface area contributed by atoms with Crippen molar-refractivity contribution in [3.8, 4) is 0 Å². The number of hydrogen-bond acceptors (Lipinski definition) is 3. The Morgan fingerprint density at radius 3 is 2.82 bits per heavy atom. The molecule has 0 bridgehead atoms. The van der Waals surface area contributed by atoms with Crippen molar-refractivity contribution in [2.45, 2.75) is 5.03 Å². The second-order valence-electron chi connectivity index (χ2n) is 3.19. The van der Waals surface area contributed by atoms with E-state index in [1.165, 1.54) is 0 Å². The van der Waals surface area contributed by atoms with Gasteiger partial charge in [0.1, 0.15) is 5.03 Å². The van der Waals surface area contributed by atoms with E-state index >= 15 is 0 Å². The molecule has 0 fully saturated rings. The normalized spacial score (nSPS) is 9.94. The molecule has 3 nitrogen and oxygen atoms in total. The van der Waals surface area contributed by atoms with Crippen LogP contribution in [-0.2, 0) is 0 Å². The SMILES string of the molecule is O=C(Nc1cccc(Cl)c1)Sc1ccccn1. The van der Waals surface area contributed by atoms with Crippen molar-refractivity contribution in [2.24, 2.45) is 0 Å². The summed E-state index contributed by atoms with van der Waals surface area (Å²) in [4.78, 5) is 15.7. The van der Waals surface area contributed by atoms with Crippen molar-refractivity contribution in [3.05, 3.63) is 53.7 Å². The predicted molar refractivity (Wildman–Crippen MR) is 70.6 cm³/mol. The number of nitrogens with one attached hydrogen (secondary N) is 1. The zero-order chi connectivity index (χ0) is 12.1. The van der Waals surface area contributed by atoms with Crippen LogP contribution >= 0.6 is 23.4 Å². The second-order valence-corrected chi connectivity index (χ2v) is 4.62. The highest BCUT2D eigenvalue weighted by Gasteiger charge is 2.05. The van der Waals surface area contributed by atoms with E-state index in [9.17, 15) is 4.79 Å². The maximum atomic E-state index is 11.7. The number of aromatic nitrogens is 1. The molecule has 1 N–H and O–H groups in total. The van der Waals surface area contributed by atoms with E-state index in [1.54, 1.807) is 42.6 Å². The summed E-state index contributed by atoms with van der Waals surface area (Å²) in [5, 5.41) is 3.79. The fourth-order valence-electron chi connectivity index (χ4n) is 1.21. The number of hydrogen-bond donors (Lipinski definition) is 1. The number of carbonyl (C=O) groups is 1. The molecule has 1 aromatic heterocycles. The summed E-state index contributed by atoms with van der Waals surface area (Å²) in [7, 11) is 0. The van der Waals surface area contributed by atoms with Gasteiger partial charge in [0.05, 0.1) is 0 Å².